The van der Waals surface area contributed by atoms with Crippen LogP contribution in [0, 0.1) is 5.92 Å². The number of benzene rings is 2. The van der Waals surface area contributed by atoms with E-state index in [-0.39, 0.29) is 17.4 Å². The first-order valence-electron chi connectivity index (χ1n) is 9.82. The highest BCUT2D eigenvalue weighted by atomic mass is 35.5. The lowest BCUT2D eigenvalue weighted by Gasteiger charge is -2.37. The van der Waals surface area contributed by atoms with Crippen LogP contribution in [0.5, 0.6) is 5.75 Å². The van der Waals surface area contributed by atoms with E-state index in [1.165, 1.54) is 6.07 Å². The summed E-state index contributed by atoms with van der Waals surface area (Å²) in [4.78, 5) is 11.0. The maximum atomic E-state index is 11.0. The summed E-state index contributed by atoms with van der Waals surface area (Å²) in [6, 6.07) is 17.4. The van der Waals surface area contributed by atoms with Crippen molar-refractivity contribution in [3.8, 4) is 5.75 Å². The lowest BCUT2D eigenvalue weighted by molar-refractivity contribution is -0.244. The minimum atomic E-state index is -1.11. The van der Waals surface area contributed by atoms with Crippen LogP contribution in [-0.2, 0) is 9.47 Å². The van der Waals surface area contributed by atoms with Gasteiger partial charge >= 0.3 is 5.97 Å². The fraction of sp³-hybridized carbons (Fsp3) is 0.208. The van der Waals surface area contributed by atoms with Crippen LogP contribution >= 0.6 is 11.6 Å². The zero-order valence-corrected chi connectivity index (χ0v) is 17.2. The highest BCUT2D eigenvalue weighted by Crippen LogP contribution is 2.43. The first-order chi connectivity index (χ1) is 15.0. The molecule has 4 rings (SSSR count). The van der Waals surface area contributed by atoms with Crippen molar-refractivity contribution in [3.63, 3.8) is 0 Å². The molecule has 3 aromatic rings. The number of ether oxygens (including phenoxy) is 2. The van der Waals surface area contributed by atoms with E-state index < -0.39 is 18.4 Å². The summed E-state index contributed by atoms with van der Waals surface area (Å²) in [5.41, 5.74) is 1.41. The van der Waals surface area contributed by atoms with E-state index in [1.807, 2.05) is 36.4 Å². The molecule has 160 valence electrons. The number of allylic oxidation sites excluding steroid dienone is 1. The number of hydrogen-bond acceptors (Lipinski definition) is 5. The summed E-state index contributed by atoms with van der Waals surface area (Å²) in [5.74, 6) is -0.712. The van der Waals surface area contributed by atoms with Crippen molar-refractivity contribution in [2.45, 2.75) is 18.8 Å². The Labute approximate surface area is 184 Å². The van der Waals surface area contributed by atoms with Crippen molar-refractivity contribution in [2.24, 2.45) is 5.92 Å². The molecule has 0 saturated carbocycles. The molecule has 0 bridgehead atoms. The van der Waals surface area contributed by atoms with Crippen LogP contribution < -0.4 is 0 Å². The molecule has 7 heteroatoms. The monoisotopic (exact) mass is 440 g/mol. The van der Waals surface area contributed by atoms with Crippen molar-refractivity contribution in [1.29, 1.82) is 0 Å². The average molecular weight is 441 g/mol. The third-order valence-electron chi connectivity index (χ3n) is 5.12. The number of aromatic hydroxyl groups is 1. The molecular formula is C24H21ClO6. The van der Waals surface area contributed by atoms with Gasteiger partial charge in [-0.2, -0.15) is 0 Å². The first-order valence-corrected chi connectivity index (χ1v) is 10.2. The Morgan fingerprint density at radius 3 is 2.52 bits per heavy atom. The molecule has 0 amide bonds. The molecule has 3 atom stereocenters. The molecule has 0 unspecified atom stereocenters. The molecule has 2 N–H and O–H groups in total. The number of phenols is 1. The van der Waals surface area contributed by atoms with Gasteiger partial charge in [0.25, 0.3) is 0 Å². The van der Waals surface area contributed by atoms with Crippen LogP contribution in [0.25, 0.3) is 6.08 Å². The van der Waals surface area contributed by atoms with Crippen LogP contribution in [0.4, 0.5) is 0 Å². The van der Waals surface area contributed by atoms with Crippen molar-refractivity contribution in [2.75, 3.05) is 6.61 Å². The van der Waals surface area contributed by atoms with E-state index in [1.54, 1.807) is 30.3 Å². The first kappa shape index (κ1) is 21.2. The van der Waals surface area contributed by atoms with Gasteiger partial charge in [0.1, 0.15) is 11.5 Å². The van der Waals surface area contributed by atoms with Gasteiger partial charge in [0.15, 0.2) is 6.29 Å². The summed E-state index contributed by atoms with van der Waals surface area (Å²) in [6.45, 7) is 0.387. The molecule has 6 nitrogen and oxygen atoms in total. The summed E-state index contributed by atoms with van der Waals surface area (Å²) >= 11 is 6.32. The second-order valence-corrected chi connectivity index (χ2v) is 7.61. The standard InChI is InChI=1S/C24H21ClO6/c25-19-10-3-1-8-17(19)24-29-14-15(22(31-24)18-9-2-4-11-20(18)26)6-5-7-16-12-13-21(30-16)23(27)28/h1-5,7-13,15,22,24,26H,6,14H2,(H,27,28)/t15-,22+,24+/m1/s1. The number of carboxylic acid groups (broad SMARTS) is 1. The number of phenolic OH excluding ortho intramolecular Hbond substituents is 1. The summed E-state index contributed by atoms with van der Waals surface area (Å²) < 4.78 is 17.5. The molecule has 2 heterocycles. The number of para-hydroxylation sites is 1. The fourth-order valence-corrected chi connectivity index (χ4v) is 3.80. The van der Waals surface area contributed by atoms with E-state index in [2.05, 4.69) is 0 Å². The van der Waals surface area contributed by atoms with Crippen molar-refractivity contribution < 1.29 is 28.9 Å². The average Bonchev–Trinajstić information content (AvgIpc) is 3.24. The Morgan fingerprint density at radius 1 is 1.06 bits per heavy atom. The Bertz CT molecular complexity index is 1090. The molecule has 0 spiro atoms. The predicted octanol–water partition coefficient (Wildman–Crippen LogP) is 5.84. The summed E-state index contributed by atoms with van der Waals surface area (Å²) in [6.07, 6.45) is 3.09. The van der Waals surface area contributed by atoms with Gasteiger partial charge in [0, 0.05) is 22.1 Å². The van der Waals surface area contributed by atoms with E-state index >= 15 is 0 Å². The van der Waals surface area contributed by atoms with Crippen LogP contribution in [0.2, 0.25) is 5.02 Å². The number of furan rings is 1. The Morgan fingerprint density at radius 2 is 1.81 bits per heavy atom. The lowest BCUT2D eigenvalue weighted by atomic mass is 9.91. The van der Waals surface area contributed by atoms with Gasteiger partial charge in [-0.3, -0.25) is 0 Å². The normalized spacial score (nSPS) is 21.4. The largest absolute Gasteiger partial charge is 0.508 e. The lowest BCUT2D eigenvalue weighted by Crippen LogP contribution is -2.30. The maximum Gasteiger partial charge on any atom is 0.371 e. The molecule has 31 heavy (non-hydrogen) atoms. The quantitative estimate of drug-likeness (QED) is 0.500. The third kappa shape index (κ3) is 4.82. The molecule has 1 saturated heterocycles. The smallest absolute Gasteiger partial charge is 0.371 e. The molecule has 2 aromatic carbocycles. The Kier molecular flexibility index (Phi) is 6.42. The molecule has 1 aliphatic rings. The molecule has 0 aliphatic carbocycles. The number of rotatable bonds is 6. The van der Waals surface area contributed by atoms with Crippen LogP contribution in [0.3, 0.4) is 0 Å². The summed E-state index contributed by atoms with van der Waals surface area (Å²) in [5, 5.41) is 19.9. The second-order valence-electron chi connectivity index (χ2n) is 7.21. The number of carboxylic acids is 1. The number of halogens is 1. The maximum absolute atomic E-state index is 11.0. The third-order valence-corrected chi connectivity index (χ3v) is 5.47. The molecule has 1 aliphatic heterocycles. The fourth-order valence-electron chi connectivity index (χ4n) is 3.57. The Balaban J connectivity index is 1.54. The van der Waals surface area contributed by atoms with E-state index in [0.29, 0.717) is 29.4 Å². The van der Waals surface area contributed by atoms with Crippen LogP contribution in [0.1, 0.15) is 46.3 Å². The molecule has 1 fully saturated rings. The molecule has 0 radical (unpaired) electrons. The van der Waals surface area contributed by atoms with Crippen LogP contribution in [-0.4, -0.2) is 22.8 Å². The van der Waals surface area contributed by atoms with Gasteiger partial charge in [-0.25, -0.2) is 4.79 Å². The van der Waals surface area contributed by atoms with Gasteiger partial charge in [0.2, 0.25) is 5.76 Å². The minimum absolute atomic E-state index is 0.0859. The zero-order valence-electron chi connectivity index (χ0n) is 16.5. The SMILES string of the molecule is O=C(O)c1ccc(C=CC[C@@H]2CO[C@H](c3ccccc3Cl)O[C@@H]2c2ccccc2O)o1. The van der Waals surface area contributed by atoms with Gasteiger partial charge < -0.3 is 24.1 Å². The molecular weight excluding hydrogens is 420 g/mol. The van der Waals surface area contributed by atoms with E-state index in [9.17, 15) is 9.90 Å². The van der Waals surface area contributed by atoms with Gasteiger partial charge in [-0.15, -0.1) is 0 Å². The predicted molar refractivity (Wildman–Crippen MR) is 115 cm³/mol. The van der Waals surface area contributed by atoms with Gasteiger partial charge in [-0.05, 0) is 36.8 Å². The topological polar surface area (TPSA) is 89.1 Å². The van der Waals surface area contributed by atoms with Crippen molar-refractivity contribution in [1.82, 2.24) is 0 Å². The van der Waals surface area contributed by atoms with Gasteiger partial charge in [0.05, 0.1) is 12.7 Å². The summed E-state index contributed by atoms with van der Waals surface area (Å²) in [7, 11) is 0. The van der Waals surface area contributed by atoms with E-state index in [0.717, 1.165) is 5.56 Å². The highest BCUT2D eigenvalue weighted by molar-refractivity contribution is 6.31. The second kappa shape index (κ2) is 9.39. The van der Waals surface area contributed by atoms with E-state index in [4.69, 9.17) is 30.6 Å². The number of hydrogen-bond donors (Lipinski definition) is 2. The minimum Gasteiger partial charge on any atom is -0.508 e. The number of carbonyl (C=O) groups is 1. The van der Waals surface area contributed by atoms with Crippen molar-refractivity contribution in [3.05, 3.63) is 94.4 Å². The zero-order chi connectivity index (χ0) is 21.8. The molecule has 1 aromatic heterocycles. The van der Waals surface area contributed by atoms with Gasteiger partial charge in [-0.1, -0.05) is 54.1 Å². The number of aromatic carboxylic acids is 1. The Hall–Kier alpha value is -3.06. The highest BCUT2D eigenvalue weighted by Gasteiger charge is 2.35. The van der Waals surface area contributed by atoms with Crippen molar-refractivity contribution >= 4 is 23.6 Å². The van der Waals surface area contributed by atoms with Crippen LogP contribution in [0.15, 0.2) is 71.2 Å².